The van der Waals surface area contributed by atoms with Crippen LogP contribution in [0.2, 0.25) is 0 Å². The number of aliphatic hydroxyl groups is 1. The van der Waals surface area contributed by atoms with E-state index in [-0.39, 0.29) is 12.6 Å². The fourth-order valence-electron chi connectivity index (χ4n) is 1.80. The molecule has 0 aromatic carbocycles. The van der Waals surface area contributed by atoms with E-state index in [1.165, 1.54) is 0 Å². The summed E-state index contributed by atoms with van der Waals surface area (Å²) < 4.78 is 0. The number of aliphatic hydroxyl groups excluding tert-OH is 1. The summed E-state index contributed by atoms with van der Waals surface area (Å²) in [4.78, 5) is 7.02. The van der Waals surface area contributed by atoms with Crippen LogP contribution in [0.25, 0.3) is 0 Å². The van der Waals surface area contributed by atoms with Gasteiger partial charge in [-0.2, -0.15) is 0 Å². The maximum Gasteiger partial charge on any atom is 0.139 e. The standard InChI is InChI=1S/C13H21N3OS/c1-9(2)16(7-4-8-17)13-11(12(14)18)6-5-10(3)15-13/h5-6,9,17H,4,7-8H2,1-3H3,(H2,14,18). The zero-order chi connectivity index (χ0) is 13.7. The number of hydrogen-bond donors (Lipinski definition) is 2. The second kappa shape index (κ2) is 6.66. The second-order valence-electron chi connectivity index (χ2n) is 4.55. The van der Waals surface area contributed by atoms with Crippen molar-refractivity contribution in [2.45, 2.75) is 33.2 Å². The minimum atomic E-state index is 0.164. The van der Waals surface area contributed by atoms with Gasteiger partial charge in [0, 0.05) is 24.9 Å². The van der Waals surface area contributed by atoms with Gasteiger partial charge in [-0.1, -0.05) is 12.2 Å². The van der Waals surface area contributed by atoms with Crippen LogP contribution in [0.3, 0.4) is 0 Å². The highest BCUT2D eigenvalue weighted by atomic mass is 32.1. The maximum atomic E-state index is 8.98. The fourth-order valence-corrected chi connectivity index (χ4v) is 1.96. The molecule has 1 aromatic heterocycles. The lowest BCUT2D eigenvalue weighted by atomic mass is 10.2. The van der Waals surface area contributed by atoms with E-state index in [1.54, 1.807) is 0 Å². The molecule has 0 spiro atoms. The van der Waals surface area contributed by atoms with Gasteiger partial charge in [0.05, 0.1) is 5.56 Å². The predicted octanol–water partition coefficient (Wildman–Crippen LogP) is 1.62. The third kappa shape index (κ3) is 3.65. The first-order chi connectivity index (χ1) is 8.47. The molecule has 0 radical (unpaired) electrons. The molecule has 0 atom stereocenters. The van der Waals surface area contributed by atoms with Crippen molar-refractivity contribution in [3.8, 4) is 0 Å². The van der Waals surface area contributed by atoms with Crippen LogP contribution in [-0.2, 0) is 0 Å². The lowest BCUT2D eigenvalue weighted by Crippen LogP contribution is -2.35. The van der Waals surface area contributed by atoms with E-state index in [9.17, 15) is 0 Å². The van der Waals surface area contributed by atoms with E-state index >= 15 is 0 Å². The molecule has 1 rings (SSSR count). The number of nitrogens with zero attached hydrogens (tertiary/aromatic N) is 2. The van der Waals surface area contributed by atoms with Gasteiger partial charge in [-0.15, -0.1) is 0 Å². The van der Waals surface area contributed by atoms with Crippen LogP contribution in [0.5, 0.6) is 0 Å². The molecular formula is C13H21N3OS. The van der Waals surface area contributed by atoms with Crippen molar-refractivity contribution in [3.63, 3.8) is 0 Å². The largest absolute Gasteiger partial charge is 0.396 e. The maximum absolute atomic E-state index is 8.98. The number of thiocarbonyl (C=S) groups is 1. The van der Waals surface area contributed by atoms with Crippen molar-refractivity contribution in [2.24, 2.45) is 5.73 Å². The average Bonchev–Trinajstić information content (AvgIpc) is 2.28. The van der Waals surface area contributed by atoms with E-state index in [1.807, 2.05) is 19.1 Å². The fraction of sp³-hybridized carbons (Fsp3) is 0.538. The molecular weight excluding hydrogens is 246 g/mol. The Kier molecular flexibility index (Phi) is 5.50. The molecule has 1 heterocycles. The first-order valence-corrected chi connectivity index (χ1v) is 6.53. The smallest absolute Gasteiger partial charge is 0.139 e. The highest BCUT2D eigenvalue weighted by Gasteiger charge is 2.17. The normalized spacial score (nSPS) is 10.7. The van der Waals surface area contributed by atoms with Crippen LogP contribution in [-0.4, -0.2) is 34.3 Å². The predicted molar refractivity (Wildman–Crippen MR) is 79.0 cm³/mol. The molecule has 18 heavy (non-hydrogen) atoms. The number of pyridine rings is 1. The first kappa shape index (κ1) is 14.9. The van der Waals surface area contributed by atoms with Gasteiger partial charge >= 0.3 is 0 Å². The molecule has 100 valence electrons. The first-order valence-electron chi connectivity index (χ1n) is 6.12. The Labute approximate surface area is 114 Å². The van der Waals surface area contributed by atoms with Gasteiger partial charge in [-0.05, 0) is 39.3 Å². The lowest BCUT2D eigenvalue weighted by molar-refractivity contribution is 0.288. The molecule has 0 aliphatic rings. The molecule has 0 amide bonds. The van der Waals surface area contributed by atoms with Crippen molar-refractivity contribution in [1.29, 1.82) is 0 Å². The molecule has 0 saturated carbocycles. The summed E-state index contributed by atoms with van der Waals surface area (Å²) in [5.41, 5.74) is 7.47. The monoisotopic (exact) mass is 267 g/mol. The van der Waals surface area contributed by atoms with Gasteiger partial charge in [0.25, 0.3) is 0 Å². The van der Waals surface area contributed by atoms with E-state index in [0.717, 1.165) is 23.6 Å². The summed E-state index contributed by atoms with van der Waals surface area (Å²) in [6, 6.07) is 4.09. The molecule has 0 bridgehead atoms. The van der Waals surface area contributed by atoms with Crippen molar-refractivity contribution in [1.82, 2.24) is 4.98 Å². The summed E-state index contributed by atoms with van der Waals surface area (Å²) in [5, 5.41) is 8.98. The number of anilines is 1. The highest BCUT2D eigenvalue weighted by Crippen LogP contribution is 2.21. The SMILES string of the molecule is Cc1ccc(C(N)=S)c(N(CCCO)C(C)C)n1. The molecule has 0 aliphatic heterocycles. The highest BCUT2D eigenvalue weighted by molar-refractivity contribution is 7.80. The minimum absolute atomic E-state index is 0.164. The van der Waals surface area contributed by atoms with E-state index in [4.69, 9.17) is 23.1 Å². The Hall–Kier alpha value is -1.20. The zero-order valence-electron chi connectivity index (χ0n) is 11.2. The minimum Gasteiger partial charge on any atom is -0.396 e. The topological polar surface area (TPSA) is 62.4 Å². The number of rotatable bonds is 6. The third-order valence-electron chi connectivity index (χ3n) is 2.73. The van der Waals surface area contributed by atoms with Crippen LogP contribution >= 0.6 is 12.2 Å². The Balaban J connectivity index is 3.16. The van der Waals surface area contributed by atoms with Gasteiger partial charge in [-0.25, -0.2) is 4.98 Å². The average molecular weight is 267 g/mol. The van der Waals surface area contributed by atoms with E-state index < -0.39 is 0 Å². The molecule has 5 heteroatoms. The lowest BCUT2D eigenvalue weighted by Gasteiger charge is -2.29. The summed E-state index contributed by atoms with van der Waals surface area (Å²) in [7, 11) is 0. The Morgan fingerprint density at radius 1 is 1.50 bits per heavy atom. The van der Waals surface area contributed by atoms with Crippen molar-refractivity contribution >= 4 is 23.0 Å². The molecule has 0 saturated heterocycles. The summed E-state index contributed by atoms with van der Waals surface area (Å²) in [6.45, 7) is 7.02. The number of hydrogen-bond acceptors (Lipinski definition) is 4. The van der Waals surface area contributed by atoms with Crippen molar-refractivity contribution in [2.75, 3.05) is 18.1 Å². The molecule has 0 fully saturated rings. The Morgan fingerprint density at radius 3 is 2.67 bits per heavy atom. The molecule has 1 aromatic rings. The van der Waals surface area contributed by atoms with Crippen LogP contribution in [0.1, 0.15) is 31.5 Å². The molecule has 3 N–H and O–H groups in total. The van der Waals surface area contributed by atoms with Crippen LogP contribution in [0.4, 0.5) is 5.82 Å². The van der Waals surface area contributed by atoms with Crippen LogP contribution in [0.15, 0.2) is 12.1 Å². The summed E-state index contributed by atoms with van der Waals surface area (Å²) >= 11 is 5.07. The van der Waals surface area contributed by atoms with E-state index in [2.05, 4.69) is 23.7 Å². The number of nitrogens with two attached hydrogens (primary N) is 1. The summed E-state index contributed by atoms with van der Waals surface area (Å²) in [6.07, 6.45) is 0.699. The van der Waals surface area contributed by atoms with Gasteiger partial charge < -0.3 is 15.7 Å². The van der Waals surface area contributed by atoms with Gasteiger partial charge in [-0.3, -0.25) is 0 Å². The van der Waals surface area contributed by atoms with Crippen LogP contribution < -0.4 is 10.6 Å². The molecule has 0 aliphatic carbocycles. The molecule has 0 unspecified atom stereocenters. The Morgan fingerprint density at radius 2 is 2.17 bits per heavy atom. The van der Waals surface area contributed by atoms with Gasteiger partial charge in [0.1, 0.15) is 10.8 Å². The third-order valence-corrected chi connectivity index (χ3v) is 2.95. The number of aryl methyl sites for hydroxylation is 1. The number of aromatic nitrogens is 1. The van der Waals surface area contributed by atoms with Crippen LogP contribution in [0, 0.1) is 6.92 Å². The van der Waals surface area contributed by atoms with Crippen molar-refractivity contribution < 1.29 is 5.11 Å². The van der Waals surface area contributed by atoms with E-state index in [0.29, 0.717) is 11.4 Å². The van der Waals surface area contributed by atoms with Gasteiger partial charge in [0.15, 0.2) is 0 Å². The Bertz CT molecular complexity index is 421. The summed E-state index contributed by atoms with van der Waals surface area (Å²) in [5.74, 6) is 0.811. The van der Waals surface area contributed by atoms with Gasteiger partial charge in [0.2, 0.25) is 0 Å². The second-order valence-corrected chi connectivity index (χ2v) is 4.99. The molecule has 4 nitrogen and oxygen atoms in total. The zero-order valence-corrected chi connectivity index (χ0v) is 12.0. The quantitative estimate of drug-likeness (QED) is 0.767. The van der Waals surface area contributed by atoms with Crippen molar-refractivity contribution in [3.05, 3.63) is 23.4 Å².